The van der Waals surface area contributed by atoms with Crippen LogP contribution < -0.4 is 10.9 Å². The maximum Gasteiger partial charge on any atom is 0.359 e. The smallest absolute Gasteiger partial charge is 0.359 e. The number of hydrogen-bond acceptors (Lipinski definition) is 5. The predicted octanol–water partition coefficient (Wildman–Crippen LogP) is 1.50. The van der Waals surface area contributed by atoms with Crippen molar-refractivity contribution in [2.45, 2.75) is 58.5 Å². The molecule has 2 rings (SSSR count). The number of esters is 1. The minimum absolute atomic E-state index is 0.0295. The number of hydrogen-bond donors (Lipinski definition) is 1. The van der Waals surface area contributed by atoms with Crippen LogP contribution in [0.2, 0.25) is 0 Å². The maximum absolute atomic E-state index is 12.0. The van der Waals surface area contributed by atoms with Gasteiger partial charge in [0, 0.05) is 18.7 Å². The van der Waals surface area contributed by atoms with Gasteiger partial charge in [0.2, 0.25) is 0 Å². The van der Waals surface area contributed by atoms with Crippen LogP contribution in [0.15, 0.2) is 16.9 Å². The SMILES string of the molecule is CCCn1nc(C(=O)OCC(=O)NC2CCCCC2C)ccc1=O. The molecule has 1 heterocycles. The molecule has 1 aromatic rings. The van der Waals surface area contributed by atoms with Crippen molar-refractivity contribution in [1.82, 2.24) is 15.1 Å². The highest BCUT2D eigenvalue weighted by Crippen LogP contribution is 2.23. The Bertz CT molecular complexity index is 641. The van der Waals surface area contributed by atoms with Gasteiger partial charge in [-0.3, -0.25) is 9.59 Å². The Morgan fingerprint density at radius 3 is 2.79 bits per heavy atom. The van der Waals surface area contributed by atoms with E-state index in [2.05, 4.69) is 17.3 Å². The second-order valence-electron chi connectivity index (χ2n) is 6.29. The lowest BCUT2D eigenvalue weighted by molar-refractivity contribution is -0.125. The summed E-state index contributed by atoms with van der Waals surface area (Å²) in [7, 11) is 0. The topological polar surface area (TPSA) is 90.3 Å². The first-order valence-corrected chi connectivity index (χ1v) is 8.56. The molecule has 1 saturated carbocycles. The zero-order chi connectivity index (χ0) is 17.5. The van der Waals surface area contributed by atoms with Gasteiger partial charge in [0.15, 0.2) is 12.3 Å². The summed E-state index contributed by atoms with van der Waals surface area (Å²) >= 11 is 0. The van der Waals surface area contributed by atoms with E-state index in [1.165, 1.54) is 23.2 Å². The largest absolute Gasteiger partial charge is 0.451 e. The highest BCUT2D eigenvalue weighted by Gasteiger charge is 2.23. The van der Waals surface area contributed by atoms with Crippen LogP contribution in [0, 0.1) is 5.92 Å². The molecule has 1 N–H and O–H groups in total. The van der Waals surface area contributed by atoms with E-state index in [1.54, 1.807) is 0 Å². The summed E-state index contributed by atoms with van der Waals surface area (Å²) in [5.74, 6) is -0.562. The number of amides is 1. The van der Waals surface area contributed by atoms with Gasteiger partial charge in [-0.05, 0) is 31.2 Å². The van der Waals surface area contributed by atoms with Crippen LogP contribution in [0.3, 0.4) is 0 Å². The van der Waals surface area contributed by atoms with Crippen LogP contribution >= 0.6 is 0 Å². The quantitative estimate of drug-likeness (QED) is 0.796. The average molecular weight is 335 g/mol. The van der Waals surface area contributed by atoms with Gasteiger partial charge in [0.05, 0.1) is 0 Å². The molecule has 1 amide bonds. The summed E-state index contributed by atoms with van der Waals surface area (Å²) in [6.45, 7) is 4.13. The minimum Gasteiger partial charge on any atom is -0.451 e. The van der Waals surface area contributed by atoms with E-state index >= 15 is 0 Å². The Hall–Kier alpha value is -2.18. The van der Waals surface area contributed by atoms with Crippen molar-refractivity contribution < 1.29 is 14.3 Å². The van der Waals surface area contributed by atoms with Gasteiger partial charge < -0.3 is 10.1 Å². The standard InChI is InChI=1S/C17H25N3O4/c1-3-10-20-16(22)9-8-14(19-20)17(23)24-11-15(21)18-13-7-5-4-6-12(13)2/h8-9,12-13H,3-7,10-11H2,1-2H3,(H,18,21). The Morgan fingerprint density at radius 1 is 1.33 bits per heavy atom. The van der Waals surface area contributed by atoms with E-state index in [9.17, 15) is 14.4 Å². The van der Waals surface area contributed by atoms with Crippen molar-refractivity contribution in [1.29, 1.82) is 0 Å². The lowest BCUT2D eigenvalue weighted by Crippen LogP contribution is -2.43. The molecule has 0 radical (unpaired) electrons. The minimum atomic E-state index is -0.702. The average Bonchev–Trinajstić information content (AvgIpc) is 2.57. The van der Waals surface area contributed by atoms with Crippen LogP contribution in [0.1, 0.15) is 56.4 Å². The van der Waals surface area contributed by atoms with Crippen LogP contribution in [0.5, 0.6) is 0 Å². The van der Waals surface area contributed by atoms with Crippen LogP contribution in [0.4, 0.5) is 0 Å². The lowest BCUT2D eigenvalue weighted by atomic mass is 9.86. The molecule has 1 fully saturated rings. The molecule has 2 unspecified atom stereocenters. The van der Waals surface area contributed by atoms with Crippen molar-refractivity contribution in [3.05, 3.63) is 28.2 Å². The first-order chi connectivity index (χ1) is 11.5. The van der Waals surface area contributed by atoms with Gasteiger partial charge in [-0.15, -0.1) is 0 Å². The third-order valence-corrected chi connectivity index (χ3v) is 4.30. The number of nitrogens with zero attached hydrogens (tertiary/aromatic N) is 2. The first-order valence-electron chi connectivity index (χ1n) is 8.56. The summed E-state index contributed by atoms with van der Waals surface area (Å²) in [5, 5.41) is 6.89. The normalized spacial score (nSPS) is 20.4. The number of carbonyl (C=O) groups is 2. The first kappa shape index (κ1) is 18.2. The van der Waals surface area contributed by atoms with Gasteiger partial charge in [0.25, 0.3) is 11.5 Å². The van der Waals surface area contributed by atoms with E-state index in [4.69, 9.17) is 4.74 Å². The molecule has 0 aromatic carbocycles. The van der Waals surface area contributed by atoms with E-state index < -0.39 is 5.97 Å². The Kier molecular flexibility index (Phi) is 6.52. The Balaban J connectivity index is 1.87. The summed E-state index contributed by atoms with van der Waals surface area (Å²) in [6.07, 6.45) is 5.10. The molecule has 1 aliphatic carbocycles. The lowest BCUT2D eigenvalue weighted by Gasteiger charge is -2.29. The molecule has 1 aromatic heterocycles. The van der Waals surface area contributed by atoms with E-state index in [1.807, 2.05) is 6.92 Å². The summed E-state index contributed by atoms with van der Waals surface area (Å²) in [6, 6.07) is 2.75. The molecule has 0 aliphatic heterocycles. The summed E-state index contributed by atoms with van der Waals surface area (Å²) in [4.78, 5) is 35.5. The van der Waals surface area contributed by atoms with Crippen LogP contribution in [-0.4, -0.2) is 34.3 Å². The highest BCUT2D eigenvalue weighted by atomic mass is 16.5. The van der Waals surface area contributed by atoms with Gasteiger partial charge in [-0.25, -0.2) is 9.48 Å². The van der Waals surface area contributed by atoms with Crippen molar-refractivity contribution >= 4 is 11.9 Å². The van der Waals surface area contributed by atoms with Gasteiger partial charge in [-0.2, -0.15) is 5.10 Å². The fourth-order valence-corrected chi connectivity index (χ4v) is 2.91. The molecule has 7 nitrogen and oxygen atoms in total. The van der Waals surface area contributed by atoms with Gasteiger partial charge >= 0.3 is 5.97 Å². The second-order valence-corrected chi connectivity index (χ2v) is 6.29. The summed E-state index contributed by atoms with van der Waals surface area (Å²) < 4.78 is 6.23. The van der Waals surface area contributed by atoms with Crippen LogP contribution in [0.25, 0.3) is 0 Å². The molecular weight excluding hydrogens is 310 g/mol. The monoisotopic (exact) mass is 335 g/mol. The van der Waals surface area contributed by atoms with E-state index in [0.717, 1.165) is 25.7 Å². The fourth-order valence-electron chi connectivity index (χ4n) is 2.91. The highest BCUT2D eigenvalue weighted by molar-refractivity contribution is 5.89. The molecule has 24 heavy (non-hydrogen) atoms. The third-order valence-electron chi connectivity index (χ3n) is 4.30. The molecule has 0 saturated heterocycles. The van der Waals surface area contributed by atoms with E-state index in [-0.39, 0.29) is 29.8 Å². The van der Waals surface area contributed by atoms with Crippen LogP contribution in [-0.2, 0) is 16.1 Å². The number of rotatable bonds is 6. The Labute approximate surface area is 141 Å². The third kappa shape index (κ3) is 4.91. The zero-order valence-corrected chi connectivity index (χ0v) is 14.3. The Morgan fingerprint density at radius 2 is 2.08 bits per heavy atom. The zero-order valence-electron chi connectivity index (χ0n) is 14.3. The van der Waals surface area contributed by atoms with Crippen molar-refractivity contribution in [3.8, 4) is 0 Å². The molecular formula is C17H25N3O4. The molecule has 2 atom stereocenters. The maximum atomic E-state index is 12.0. The van der Waals surface area contributed by atoms with Gasteiger partial charge in [-0.1, -0.05) is 26.7 Å². The molecule has 132 valence electrons. The number of aromatic nitrogens is 2. The second kappa shape index (κ2) is 8.61. The van der Waals surface area contributed by atoms with Crippen molar-refractivity contribution in [3.63, 3.8) is 0 Å². The number of ether oxygens (including phenoxy) is 1. The molecule has 1 aliphatic rings. The molecule has 0 bridgehead atoms. The molecule has 7 heteroatoms. The number of carbonyl (C=O) groups excluding carboxylic acids is 2. The summed E-state index contributed by atoms with van der Waals surface area (Å²) in [5.41, 5.74) is -0.237. The number of nitrogens with one attached hydrogen (secondary N) is 1. The van der Waals surface area contributed by atoms with Crippen molar-refractivity contribution in [2.24, 2.45) is 5.92 Å². The predicted molar refractivity (Wildman–Crippen MR) is 88.6 cm³/mol. The molecule has 0 spiro atoms. The van der Waals surface area contributed by atoms with Gasteiger partial charge in [0.1, 0.15) is 0 Å². The number of aryl methyl sites for hydroxylation is 1. The fraction of sp³-hybridized carbons (Fsp3) is 0.647. The van der Waals surface area contributed by atoms with Crippen molar-refractivity contribution in [2.75, 3.05) is 6.61 Å². The van der Waals surface area contributed by atoms with E-state index in [0.29, 0.717) is 12.5 Å².